The second-order valence-electron chi connectivity index (χ2n) is 4.08. The Bertz CT molecular complexity index is 328. The molecule has 1 aromatic heterocycles. The Balaban J connectivity index is 1.91. The molecule has 0 aromatic carbocycles. The van der Waals surface area contributed by atoms with E-state index in [4.69, 9.17) is 21.1 Å². The quantitative estimate of drug-likeness (QED) is 0.815. The molecule has 1 aliphatic rings. The van der Waals surface area contributed by atoms with Crippen LogP contribution >= 0.6 is 11.6 Å². The van der Waals surface area contributed by atoms with Gasteiger partial charge in [0.25, 0.3) is 0 Å². The number of aromatic nitrogens is 1. The predicted octanol–water partition coefficient (Wildman–Crippen LogP) is 3.07. The van der Waals surface area contributed by atoms with Gasteiger partial charge in [0.2, 0.25) is 5.88 Å². The Morgan fingerprint density at radius 1 is 1.31 bits per heavy atom. The summed E-state index contributed by atoms with van der Waals surface area (Å²) >= 11 is 5.76. The molecule has 0 amide bonds. The number of rotatable bonds is 3. The van der Waals surface area contributed by atoms with E-state index in [-0.39, 0.29) is 6.10 Å². The van der Waals surface area contributed by atoms with E-state index in [0.29, 0.717) is 17.0 Å². The zero-order valence-corrected chi connectivity index (χ0v) is 10.1. The fourth-order valence-electron chi connectivity index (χ4n) is 2.03. The molecule has 0 aliphatic heterocycles. The first kappa shape index (κ1) is 11.7. The number of hydrogen-bond acceptors (Lipinski definition) is 3. The van der Waals surface area contributed by atoms with E-state index < -0.39 is 0 Å². The van der Waals surface area contributed by atoms with Crippen molar-refractivity contribution in [2.75, 3.05) is 7.11 Å². The van der Waals surface area contributed by atoms with E-state index in [1.807, 2.05) is 0 Å². The third-order valence-corrected chi connectivity index (χ3v) is 3.12. The molecule has 1 aliphatic carbocycles. The van der Waals surface area contributed by atoms with Crippen LogP contribution in [0.25, 0.3) is 0 Å². The van der Waals surface area contributed by atoms with Gasteiger partial charge in [-0.15, -0.1) is 0 Å². The molecule has 1 saturated carbocycles. The van der Waals surface area contributed by atoms with Gasteiger partial charge in [0.15, 0.2) is 0 Å². The van der Waals surface area contributed by atoms with Crippen molar-refractivity contribution in [1.29, 1.82) is 0 Å². The van der Waals surface area contributed by atoms with Crippen LogP contribution in [0, 0.1) is 0 Å². The summed E-state index contributed by atoms with van der Waals surface area (Å²) in [7, 11) is 1.76. The molecular weight excluding hydrogens is 226 g/mol. The van der Waals surface area contributed by atoms with Crippen LogP contribution in [-0.4, -0.2) is 24.3 Å². The van der Waals surface area contributed by atoms with Crippen molar-refractivity contribution in [2.24, 2.45) is 0 Å². The molecule has 1 aromatic rings. The molecule has 0 radical (unpaired) electrons. The lowest BCUT2D eigenvalue weighted by atomic mass is 9.95. The highest BCUT2D eigenvalue weighted by Crippen LogP contribution is 2.24. The fourth-order valence-corrected chi connectivity index (χ4v) is 2.14. The lowest BCUT2D eigenvalue weighted by Gasteiger charge is -2.28. The van der Waals surface area contributed by atoms with Gasteiger partial charge in [-0.25, -0.2) is 4.98 Å². The second-order valence-corrected chi connectivity index (χ2v) is 4.52. The first-order valence-electron chi connectivity index (χ1n) is 5.59. The molecular formula is C12H16ClNO2. The van der Waals surface area contributed by atoms with Gasteiger partial charge < -0.3 is 9.47 Å². The normalized spacial score (nSPS) is 25.4. The number of pyridine rings is 1. The molecule has 0 spiro atoms. The molecule has 1 fully saturated rings. The molecule has 16 heavy (non-hydrogen) atoms. The average Bonchev–Trinajstić information content (AvgIpc) is 2.32. The van der Waals surface area contributed by atoms with E-state index in [2.05, 4.69) is 4.98 Å². The second kappa shape index (κ2) is 5.51. The minimum Gasteiger partial charge on any atom is -0.474 e. The smallest absolute Gasteiger partial charge is 0.213 e. The monoisotopic (exact) mass is 241 g/mol. The Labute approximate surface area is 101 Å². The van der Waals surface area contributed by atoms with E-state index in [1.54, 1.807) is 25.4 Å². The molecule has 3 nitrogen and oxygen atoms in total. The minimum atomic E-state index is 0.215. The largest absolute Gasteiger partial charge is 0.474 e. The zero-order valence-electron chi connectivity index (χ0n) is 9.36. The standard InChI is InChI=1S/C12H16ClNO2/c1-15-10-3-2-4-11(7-10)16-12-6-5-9(13)8-14-12/h5-6,8,10-11H,2-4,7H2,1H3. The molecule has 0 bridgehead atoms. The number of halogens is 1. The fraction of sp³-hybridized carbons (Fsp3) is 0.583. The van der Waals surface area contributed by atoms with Crippen LogP contribution in [0.2, 0.25) is 5.02 Å². The van der Waals surface area contributed by atoms with Crippen LogP contribution in [0.5, 0.6) is 5.88 Å². The highest BCUT2D eigenvalue weighted by molar-refractivity contribution is 6.30. The van der Waals surface area contributed by atoms with Gasteiger partial charge in [-0.1, -0.05) is 11.6 Å². The van der Waals surface area contributed by atoms with Crippen molar-refractivity contribution < 1.29 is 9.47 Å². The lowest BCUT2D eigenvalue weighted by Crippen LogP contribution is -2.29. The molecule has 2 rings (SSSR count). The molecule has 4 heteroatoms. The minimum absolute atomic E-state index is 0.215. The van der Waals surface area contributed by atoms with E-state index in [9.17, 15) is 0 Å². The average molecular weight is 242 g/mol. The first-order valence-corrected chi connectivity index (χ1v) is 5.96. The molecule has 2 unspecified atom stereocenters. The van der Waals surface area contributed by atoms with Gasteiger partial charge in [0.1, 0.15) is 6.10 Å². The highest BCUT2D eigenvalue weighted by Gasteiger charge is 2.23. The summed E-state index contributed by atoms with van der Waals surface area (Å²) in [6, 6.07) is 3.60. The third-order valence-electron chi connectivity index (χ3n) is 2.90. The van der Waals surface area contributed by atoms with Crippen LogP contribution in [0.4, 0.5) is 0 Å². The predicted molar refractivity (Wildman–Crippen MR) is 62.9 cm³/mol. The maximum Gasteiger partial charge on any atom is 0.213 e. The Morgan fingerprint density at radius 2 is 2.12 bits per heavy atom. The third kappa shape index (κ3) is 3.09. The van der Waals surface area contributed by atoms with Gasteiger partial charge >= 0.3 is 0 Å². The highest BCUT2D eigenvalue weighted by atomic mass is 35.5. The summed E-state index contributed by atoms with van der Waals surface area (Å²) in [6.07, 6.45) is 6.44. The molecule has 0 saturated heterocycles. The van der Waals surface area contributed by atoms with Gasteiger partial charge in [-0.3, -0.25) is 0 Å². The molecule has 88 valence electrons. The SMILES string of the molecule is COC1CCCC(Oc2ccc(Cl)cn2)C1. The van der Waals surface area contributed by atoms with Gasteiger partial charge in [-0.05, 0) is 25.3 Å². The summed E-state index contributed by atoms with van der Waals surface area (Å²) in [4.78, 5) is 4.13. The molecule has 2 atom stereocenters. The summed E-state index contributed by atoms with van der Waals surface area (Å²) in [6.45, 7) is 0. The Hall–Kier alpha value is -0.800. The summed E-state index contributed by atoms with van der Waals surface area (Å²) in [5, 5.41) is 0.630. The number of hydrogen-bond donors (Lipinski definition) is 0. The van der Waals surface area contributed by atoms with Crippen molar-refractivity contribution in [2.45, 2.75) is 37.9 Å². The Morgan fingerprint density at radius 3 is 2.81 bits per heavy atom. The summed E-state index contributed by atoms with van der Waals surface area (Å²) in [5.74, 6) is 0.645. The van der Waals surface area contributed by atoms with E-state index >= 15 is 0 Å². The molecule has 1 heterocycles. The van der Waals surface area contributed by atoms with Crippen LogP contribution in [-0.2, 0) is 4.74 Å². The van der Waals surface area contributed by atoms with Crippen molar-refractivity contribution in [1.82, 2.24) is 4.98 Å². The van der Waals surface area contributed by atoms with Gasteiger partial charge in [0.05, 0.1) is 11.1 Å². The number of methoxy groups -OCH3 is 1. The van der Waals surface area contributed by atoms with Gasteiger partial charge in [-0.2, -0.15) is 0 Å². The van der Waals surface area contributed by atoms with E-state index in [1.165, 1.54) is 0 Å². The van der Waals surface area contributed by atoms with Crippen LogP contribution < -0.4 is 4.74 Å². The maximum atomic E-state index is 5.79. The lowest BCUT2D eigenvalue weighted by molar-refractivity contribution is 0.0195. The van der Waals surface area contributed by atoms with Crippen molar-refractivity contribution in [3.63, 3.8) is 0 Å². The van der Waals surface area contributed by atoms with E-state index in [0.717, 1.165) is 25.7 Å². The van der Waals surface area contributed by atoms with Crippen LogP contribution in [0.15, 0.2) is 18.3 Å². The van der Waals surface area contributed by atoms with Crippen LogP contribution in [0.3, 0.4) is 0 Å². The van der Waals surface area contributed by atoms with Crippen LogP contribution in [0.1, 0.15) is 25.7 Å². The van der Waals surface area contributed by atoms with Crippen molar-refractivity contribution >= 4 is 11.6 Å². The number of ether oxygens (including phenoxy) is 2. The summed E-state index contributed by atoms with van der Waals surface area (Å²) in [5.41, 5.74) is 0. The maximum absolute atomic E-state index is 5.79. The molecule has 0 N–H and O–H groups in total. The van der Waals surface area contributed by atoms with Crippen molar-refractivity contribution in [3.05, 3.63) is 23.4 Å². The summed E-state index contributed by atoms with van der Waals surface area (Å²) < 4.78 is 11.1. The number of nitrogens with zero attached hydrogens (tertiary/aromatic N) is 1. The zero-order chi connectivity index (χ0) is 11.4. The first-order chi connectivity index (χ1) is 7.78. The Kier molecular flexibility index (Phi) is 4.02. The topological polar surface area (TPSA) is 31.4 Å². The van der Waals surface area contributed by atoms with Crippen molar-refractivity contribution in [3.8, 4) is 5.88 Å². The van der Waals surface area contributed by atoms with Gasteiger partial charge in [0, 0.05) is 25.8 Å².